The summed E-state index contributed by atoms with van der Waals surface area (Å²) in [6.07, 6.45) is 0.154. The number of hydrogen-bond acceptors (Lipinski definition) is 3. The first kappa shape index (κ1) is 14.7. The maximum absolute atomic E-state index is 6.42. The van der Waals surface area contributed by atoms with Gasteiger partial charge in [0.2, 0.25) is 0 Å². The molecule has 0 fully saturated rings. The van der Waals surface area contributed by atoms with Gasteiger partial charge in [-0.05, 0) is 57.9 Å². The highest BCUT2D eigenvalue weighted by Gasteiger charge is 2.19. The van der Waals surface area contributed by atoms with E-state index in [2.05, 4.69) is 6.92 Å². The Bertz CT molecular complexity index is 599. The van der Waals surface area contributed by atoms with E-state index in [4.69, 9.17) is 14.9 Å². The summed E-state index contributed by atoms with van der Waals surface area (Å²) in [7, 11) is 0. The summed E-state index contributed by atoms with van der Waals surface area (Å²) in [4.78, 5) is 0. The van der Waals surface area contributed by atoms with Gasteiger partial charge >= 0.3 is 0 Å². The van der Waals surface area contributed by atoms with Gasteiger partial charge in [0.1, 0.15) is 17.3 Å². The van der Waals surface area contributed by atoms with Crippen molar-refractivity contribution < 1.29 is 9.15 Å². The van der Waals surface area contributed by atoms with Crippen LogP contribution in [0.4, 0.5) is 0 Å². The van der Waals surface area contributed by atoms with Gasteiger partial charge < -0.3 is 14.9 Å². The van der Waals surface area contributed by atoms with Gasteiger partial charge in [0.05, 0.1) is 12.1 Å². The maximum atomic E-state index is 6.42. The fourth-order valence-corrected chi connectivity index (χ4v) is 2.49. The smallest absolute Gasteiger partial charge is 0.120 e. The molecule has 108 valence electrons. The van der Waals surface area contributed by atoms with Crippen LogP contribution in [0.2, 0.25) is 0 Å². The highest BCUT2D eigenvalue weighted by molar-refractivity contribution is 5.42. The van der Waals surface area contributed by atoms with Gasteiger partial charge in [0, 0.05) is 5.56 Å². The minimum atomic E-state index is -0.192. The number of hydrogen-bond donors (Lipinski definition) is 1. The first-order chi connectivity index (χ1) is 9.40. The largest absolute Gasteiger partial charge is 0.491 e. The monoisotopic (exact) mass is 273 g/mol. The van der Waals surface area contributed by atoms with E-state index in [1.807, 2.05) is 52.0 Å². The molecule has 2 aromatic rings. The average molecular weight is 273 g/mol. The molecule has 0 saturated heterocycles. The van der Waals surface area contributed by atoms with E-state index in [1.54, 1.807) is 0 Å². The average Bonchev–Trinajstić information content (AvgIpc) is 2.62. The number of nitrogens with two attached hydrogens (primary N) is 1. The van der Waals surface area contributed by atoms with Crippen molar-refractivity contribution >= 4 is 0 Å². The van der Waals surface area contributed by atoms with E-state index in [1.165, 1.54) is 0 Å². The van der Waals surface area contributed by atoms with Crippen LogP contribution in [0.15, 0.2) is 28.7 Å². The third kappa shape index (κ3) is 2.88. The summed E-state index contributed by atoms with van der Waals surface area (Å²) < 4.78 is 11.4. The predicted octanol–water partition coefficient (Wildman–Crippen LogP) is 4.04. The number of rotatable bonds is 4. The van der Waals surface area contributed by atoms with Gasteiger partial charge in [-0.1, -0.05) is 12.1 Å². The topological polar surface area (TPSA) is 48.4 Å². The molecule has 3 heteroatoms. The molecule has 0 spiro atoms. The van der Waals surface area contributed by atoms with Crippen LogP contribution in [0.5, 0.6) is 5.75 Å². The molecular formula is C17H23NO2. The maximum Gasteiger partial charge on any atom is 0.120 e. The van der Waals surface area contributed by atoms with E-state index >= 15 is 0 Å². The number of aryl methyl sites for hydroxylation is 2. The molecule has 1 aromatic carbocycles. The quantitative estimate of drug-likeness (QED) is 0.914. The summed E-state index contributed by atoms with van der Waals surface area (Å²) in [5.41, 5.74) is 9.66. The zero-order valence-corrected chi connectivity index (χ0v) is 12.9. The lowest BCUT2D eigenvalue weighted by Gasteiger charge is -2.15. The normalized spacial score (nSPS) is 12.8. The van der Waals surface area contributed by atoms with Gasteiger partial charge in [-0.2, -0.15) is 0 Å². The molecular weight excluding hydrogens is 250 g/mol. The van der Waals surface area contributed by atoms with Gasteiger partial charge in [0.25, 0.3) is 0 Å². The lowest BCUT2D eigenvalue weighted by atomic mass is 9.96. The van der Waals surface area contributed by atoms with E-state index in [-0.39, 0.29) is 12.1 Å². The van der Waals surface area contributed by atoms with Crippen LogP contribution in [0, 0.1) is 20.8 Å². The Hall–Kier alpha value is -1.74. The van der Waals surface area contributed by atoms with Crippen molar-refractivity contribution in [2.75, 3.05) is 0 Å². The van der Waals surface area contributed by atoms with Crippen molar-refractivity contribution in [3.05, 3.63) is 52.5 Å². The Balaban J connectivity index is 2.35. The summed E-state index contributed by atoms with van der Waals surface area (Å²) in [5, 5.41) is 0. The summed E-state index contributed by atoms with van der Waals surface area (Å²) >= 11 is 0. The number of furan rings is 1. The molecule has 1 unspecified atom stereocenters. The minimum Gasteiger partial charge on any atom is -0.491 e. The van der Waals surface area contributed by atoms with Crippen LogP contribution in [-0.4, -0.2) is 6.10 Å². The molecule has 3 nitrogen and oxygen atoms in total. The zero-order chi connectivity index (χ0) is 14.9. The third-order valence-corrected chi connectivity index (χ3v) is 3.52. The Kier molecular flexibility index (Phi) is 4.19. The Labute approximate surface area is 120 Å². The fourth-order valence-electron chi connectivity index (χ4n) is 2.49. The van der Waals surface area contributed by atoms with E-state index < -0.39 is 0 Å². The van der Waals surface area contributed by atoms with Gasteiger partial charge in [-0.15, -0.1) is 0 Å². The van der Waals surface area contributed by atoms with Crippen molar-refractivity contribution in [3.63, 3.8) is 0 Å². The molecule has 1 atom stereocenters. The van der Waals surface area contributed by atoms with Crippen molar-refractivity contribution in [1.29, 1.82) is 0 Å². The van der Waals surface area contributed by atoms with Crippen molar-refractivity contribution in [1.82, 2.24) is 0 Å². The van der Waals surface area contributed by atoms with Crippen molar-refractivity contribution in [2.45, 2.75) is 46.8 Å². The Morgan fingerprint density at radius 1 is 1.10 bits per heavy atom. The van der Waals surface area contributed by atoms with Crippen LogP contribution in [0.1, 0.15) is 48.1 Å². The second-order valence-corrected chi connectivity index (χ2v) is 5.47. The molecule has 0 radical (unpaired) electrons. The molecule has 0 aliphatic carbocycles. The van der Waals surface area contributed by atoms with Crippen molar-refractivity contribution in [2.24, 2.45) is 5.73 Å². The molecule has 0 bridgehead atoms. The first-order valence-corrected chi connectivity index (χ1v) is 6.98. The second-order valence-electron chi connectivity index (χ2n) is 5.47. The molecule has 20 heavy (non-hydrogen) atoms. The summed E-state index contributed by atoms with van der Waals surface area (Å²) in [6, 6.07) is 7.77. The van der Waals surface area contributed by atoms with Crippen LogP contribution in [-0.2, 0) is 0 Å². The van der Waals surface area contributed by atoms with E-state index in [0.29, 0.717) is 0 Å². The molecule has 1 heterocycles. The number of ether oxygens (including phenoxy) is 1. The second kappa shape index (κ2) is 5.71. The molecule has 1 aromatic heterocycles. The summed E-state index contributed by atoms with van der Waals surface area (Å²) in [5.74, 6) is 2.67. The van der Waals surface area contributed by atoms with Crippen LogP contribution in [0.25, 0.3) is 0 Å². The van der Waals surface area contributed by atoms with E-state index in [0.717, 1.165) is 34.0 Å². The van der Waals surface area contributed by atoms with Crippen molar-refractivity contribution in [3.8, 4) is 5.75 Å². The Morgan fingerprint density at radius 3 is 2.35 bits per heavy atom. The molecule has 2 rings (SSSR count). The van der Waals surface area contributed by atoms with Gasteiger partial charge in [-0.3, -0.25) is 0 Å². The van der Waals surface area contributed by atoms with Crippen LogP contribution < -0.4 is 10.5 Å². The molecule has 0 aliphatic rings. The highest BCUT2D eigenvalue weighted by atomic mass is 16.5. The predicted molar refractivity (Wildman–Crippen MR) is 81.2 cm³/mol. The SMILES string of the molecule is Cc1oc(C)c(C(N)c2cccc(OC(C)C)c2)c1C. The van der Waals surface area contributed by atoms with Gasteiger partial charge in [-0.25, -0.2) is 0 Å². The summed E-state index contributed by atoms with van der Waals surface area (Å²) in [6.45, 7) is 10.0. The van der Waals surface area contributed by atoms with Crippen LogP contribution in [0.3, 0.4) is 0 Å². The van der Waals surface area contributed by atoms with Crippen LogP contribution >= 0.6 is 0 Å². The lowest BCUT2D eigenvalue weighted by Crippen LogP contribution is -2.14. The first-order valence-electron chi connectivity index (χ1n) is 6.98. The lowest BCUT2D eigenvalue weighted by molar-refractivity contribution is 0.242. The molecule has 0 aliphatic heterocycles. The molecule has 2 N–H and O–H groups in total. The fraction of sp³-hybridized carbons (Fsp3) is 0.412. The highest BCUT2D eigenvalue weighted by Crippen LogP contribution is 2.31. The molecule has 0 amide bonds. The third-order valence-electron chi connectivity index (χ3n) is 3.52. The molecule has 0 saturated carbocycles. The minimum absolute atomic E-state index is 0.154. The zero-order valence-electron chi connectivity index (χ0n) is 12.9. The Morgan fingerprint density at radius 2 is 1.80 bits per heavy atom. The number of benzene rings is 1. The van der Waals surface area contributed by atoms with Gasteiger partial charge in [0.15, 0.2) is 0 Å². The standard InChI is InChI=1S/C17H23NO2/c1-10(2)19-15-8-6-7-14(9-15)17(18)16-11(3)12(4)20-13(16)5/h6-10,17H,18H2,1-5H3. The van der Waals surface area contributed by atoms with E-state index in [9.17, 15) is 0 Å².